The van der Waals surface area contributed by atoms with E-state index in [1.54, 1.807) is 19.3 Å². The van der Waals surface area contributed by atoms with Crippen LogP contribution in [0.5, 0.6) is 5.75 Å². The number of hydrogen-bond acceptors (Lipinski definition) is 6. The summed E-state index contributed by atoms with van der Waals surface area (Å²) in [6, 6.07) is 15.7. The maximum Gasteiger partial charge on any atom is 0.258 e. The molecule has 4 rings (SSSR count). The number of rotatable bonds is 8. The van der Waals surface area contributed by atoms with Gasteiger partial charge in [0.1, 0.15) is 9.91 Å². The summed E-state index contributed by atoms with van der Waals surface area (Å²) in [5.74, 6) is 0.815. The molecule has 2 aliphatic rings. The average Bonchev–Trinajstić information content (AvgIpc) is 2.86. The van der Waals surface area contributed by atoms with Crippen LogP contribution < -0.4 is 15.0 Å². The van der Waals surface area contributed by atoms with Gasteiger partial charge in [-0.2, -0.15) is 0 Å². The van der Waals surface area contributed by atoms with Gasteiger partial charge in [0.15, 0.2) is 0 Å². The van der Waals surface area contributed by atoms with Crippen molar-refractivity contribution in [3.63, 3.8) is 0 Å². The smallest absolute Gasteiger partial charge is 0.258 e. The van der Waals surface area contributed by atoms with Gasteiger partial charge in [0.25, 0.3) is 17.9 Å². The number of methoxy groups -OCH3 is 1. The van der Waals surface area contributed by atoms with E-state index in [4.69, 9.17) is 4.74 Å². The third kappa shape index (κ3) is 6.07. The van der Waals surface area contributed by atoms with E-state index in [9.17, 15) is 9.70 Å². The first-order chi connectivity index (χ1) is 16.7. The second-order valence-electron chi connectivity index (χ2n) is 8.26. The number of piperazine rings is 1. The number of nitrogens with zero attached hydrogens (tertiary/aromatic N) is 3. The van der Waals surface area contributed by atoms with Crippen molar-refractivity contribution in [1.82, 2.24) is 10.2 Å². The summed E-state index contributed by atoms with van der Waals surface area (Å²) in [6.45, 7) is 5.67. The highest BCUT2D eigenvalue weighted by atomic mass is 32.2. The molecule has 2 aromatic rings. The summed E-state index contributed by atoms with van der Waals surface area (Å²) in [4.78, 5) is 30.3. The number of allylic oxidation sites excluding steroid dienone is 2. The summed E-state index contributed by atoms with van der Waals surface area (Å²) >= 11 is 1.07. The van der Waals surface area contributed by atoms with Crippen molar-refractivity contribution in [3.05, 3.63) is 77.4 Å². The predicted molar refractivity (Wildman–Crippen MR) is 137 cm³/mol. The van der Waals surface area contributed by atoms with Crippen LogP contribution in [0, 0.1) is 4.91 Å². The van der Waals surface area contributed by atoms with E-state index in [1.807, 2.05) is 36.4 Å². The van der Waals surface area contributed by atoms with Crippen molar-refractivity contribution in [2.24, 2.45) is 0 Å². The third-order valence-electron chi connectivity index (χ3n) is 6.07. The van der Waals surface area contributed by atoms with E-state index in [2.05, 4.69) is 27.2 Å². The quantitative estimate of drug-likeness (QED) is 0.349. The molecule has 2 aliphatic heterocycles. The van der Waals surface area contributed by atoms with E-state index in [0.29, 0.717) is 12.1 Å². The first-order valence-corrected chi connectivity index (χ1v) is 12.4. The van der Waals surface area contributed by atoms with Gasteiger partial charge in [-0.3, -0.25) is 9.69 Å². The summed E-state index contributed by atoms with van der Waals surface area (Å²) < 4.78 is 6.29. The molecule has 0 unspecified atom stereocenters. The number of carbonyl (C=O) groups excluding carboxylic acids is 1. The van der Waals surface area contributed by atoms with Crippen LogP contribution >= 0.6 is 11.9 Å². The van der Waals surface area contributed by atoms with Crippen LogP contribution in [0.25, 0.3) is 5.57 Å². The zero-order chi connectivity index (χ0) is 23.8. The van der Waals surface area contributed by atoms with E-state index >= 15 is 0 Å². The summed E-state index contributed by atoms with van der Waals surface area (Å²) in [6.07, 6.45) is 6.70. The highest BCUT2D eigenvalue weighted by Crippen LogP contribution is 2.31. The van der Waals surface area contributed by atoms with Crippen molar-refractivity contribution in [1.29, 1.82) is 0 Å². The minimum absolute atomic E-state index is 0.109. The number of ether oxygens (including phenoxy) is 1. The van der Waals surface area contributed by atoms with Crippen LogP contribution in [0.15, 0.2) is 71.8 Å². The number of fused-ring (bicyclic) bond motifs is 1. The molecule has 2 aromatic carbocycles. The van der Waals surface area contributed by atoms with Crippen LogP contribution in [0.2, 0.25) is 0 Å². The van der Waals surface area contributed by atoms with Gasteiger partial charge < -0.3 is 15.0 Å². The maximum absolute atomic E-state index is 12.9. The molecular formula is C26H31N4O3S+. The van der Waals surface area contributed by atoms with Crippen molar-refractivity contribution in [2.45, 2.75) is 17.7 Å². The molecule has 0 spiro atoms. The van der Waals surface area contributed by atoms with Crippen molar-refractivity contribution >= 4 is 29.1 Å². The SMILES string of the molecule is COc1ccccc1N1CCN(CCCCNC(=O)/C2=C/C=C\[N+](=O)Sc3ccccc32)CC1. The number of amides is 1. The molecule has 0 saturated carbocycles. The third-order valence-corrected chi connectivity index (χ3v) is 6.92. The Bertz CT molecular complexity index is 1080. The number of unbranched alkanes of at least 4 members (excludes halogenated alkanes) is 1. The topological polar surface area (TPSA) is 64.9 Å². The Balaban J connectivity index is 1.21. The molecule has 0 aromatic heterocycles. The molecule has 8 heteroatoms. The number of benzene rings is 2. The van der Waals surface area contributed by atoms with Crippen molar-refractivity contribution in [2.75, 3.05) is 51.3 Å². The molecule has 7 nitrogen and oxygen atoms in total. The zero-order valence-electron chi connectivity index (χ0n) is 19.5. The Labute approximate surface area is 205 Å². The number of hydrogen-bond donors (Lipinski definition) is 1. The van der Waals surface area contributed by atoms with Gasteiger partial charge in [0, 0.05) is 54.8 Å². The van der Waals surface area contributed by atoms with E-state index in [-0.39, 0.29) is 5.91 Å². The highest BCUT2D eigenvalue weighted by Gasteiger charge is 2.22. The number of anilines is 1. The fraction of sp³-hybridized carbons (Fsp3) is 0.346. The average molecular weight is 480 g/mol. The largest absolute Gasteiger partial charge is 0.495 e. The minimum Gasteiger partial charge on any atom is -0.495 e. The lowest BCUT2D eigenvalue weighted by Gasteiger charge is -2.36. The van der Waals surface area contributed by atoms with Crippen LogP contribution in [-0.2, 0) is 4.79 Å². The first-order valence-electron chi connectivity index (χ1n) is 11.7. The molecule has 34 heavy (non-hydrogen) atoms. The summed E-state index contributed by atoms with van der Waals surface area (Å²) in [5, 5.41) is 3.05. The van der Waals surface area contributed by atoms with Crippen molar-refractivity contribution < 1.29 is 13.7 Å². The van der Waals surface area contributed by atoms with E-state index in [1.165, 1.54) is 6.20 Å². The monoisotopic (exact) mass is 479 g/mol. The molecular weight excluding hydrogens is 448 g/mol. The van der Waals surface area contributed by atoms with Crippen LogP contribution in [0.4, 0.5) is 5.69 Å². The number of nitroso groups, excluding NO2 is 1. The molecule has 2 heterocycles. The van der Waals surface area contributed by atoms with Crippen LogP contribution in [0.3, 0.4) is 0 Å². The van der Waals surface area contributed by atoms with Crippen LogP contribution in [0.1, 0.15) is 18.4 Å². The Hall–Kier alpha value is -3.10. The Kier molecular flexibility index (Phi) is 8.38. The summed E-state index contributed by atoms with van der Waals surface area (Å²) in [7, 11) is 1.72. The number of para-hydroxylation sites is 2. The second-order valence-corrected chi connectivity index (χ2v) is 9.24. The molecule has 178 valence electrons. The Morgan fingerprint density at radius 1 is 1.06 bits per heavy atom. The predicted octanol–water partition coefficient (Wildman–Crippen LogP) is 4.11. The normalized spacial score (nSPS) is 18.8. The molecule has 0 aliphatic carbocycles. The van der Waals surface area contributed by atoms with Gasteiger partial charge in [-0.1, -0.05) is 30.3 Å². The van der Waals surface area contributed by atoms with Gasteiger partial charge >= 0.3 is 0 Å². The van der Waals surface area contributed by atoms with Gasteiger partial charge in [-0.05, 0) is 43.7 Å². The maximum atomic E-state index is 12.9. The van der Waals surface area contributed by atoms with Gasteiger partial charge in [0.2, 0.25) is 6.20 Å². The van der Waals surface area contributed by atoms with Crippen LogP contribution in [-0.4, -0.2) is 61.4 Å². The summed E-state index contributed by atoms with van der Waals surface area (Å²) in [5.41, 5.74) is 2.52. The molecule has 1 saturated heterocycles. The fourth-order valence-corrected chi connectivity index (χ4v) is 5.00. The second kappa shape index (κ2) is 11.9. The molecule has 1 amide bonds. The standard InChI is InChI=1S/C26H30N4O3S/c1-33-24-12-4-3-11-23(24)29-19-17-28(18-20-29)15-7-6-14-27-26(31)22-10-8-16-30(32)34-25-13-5-2-9-21(22)25/h2-5,8-13,16H,6-7,14-15,17-20H2,1H3/p+1/b16-8-,22-10+. The highest BCUT2D eigenvalue weighted by molar-refractivity contribution is 7.93. The lowest BCUT2D eigenvalue weighted by Crippen LogP contribution is -2.46. The molecule has 1 N–H and O–H groups in total. The van der Waals surface area contributed by atoms with Gasteiger partial charge in [-0.15, -0.1) is 0 Å². The molecule has 0 radical (unpaired) electrons. The molecule has 0 atom stereocenters. The van der Waals surface area contributed by atoms with Gasteiger partial charge in [-0.25, -0.2) is 0 Å². The lowest BCUT2D eigenvalue weighted by molar-refractivity contribution is -0.284. The Morgan fingerprint density at radius 3 is 2.65 bits per heavy atom. The molecule has 0 bridgehead atoms. The van der Waals surface area contributed by atoms with Gasteiger partial charge in [0.05, 0.1) is 17.7 Å². The van der Waals surface area contributed by atoms with Crippen molar-refractivity contribution in [3.8, 4) is 5.75 Å². The lowest BCUT2D eigenvalue weighted by atomic mass is 10.0. The number of carbonyl (C=O) groups is 1. The van der Waals surface area contributed by atoms with E-state index < -0.39 is 0 Å². The number of nitrogens with one attached hydrogen (secondary N) is 1. The zero-order valence-corrected chi connectivity index (χ0v) is 20.3. The minimum atomic E-state index is -0.109. The van der Waals surface area contributed by atoms with E-state index in [0.717, 1.165) is 83.6 Å². The fourth-order valence-electron chi connectivity index (χ4n) is 4.25. The molecule has 1 fully saturated rings. The first kappa shape index (κ1) is 24.0. The Morgan fingerprint density at radius 2 is 1.82 bits per heavy atom.